The molecule has 0 atom stereocenters. The Kier molecular flexibility index (Phi) is 3.78. The van der Waals surface area contributed by atoms with E-state index in [0.29, 0.717) is 18.0 Å². The van der Waals surface area contributed by atoms with Crippen molar-refractivity contribution in [2.45, 2.75) is 6.54 Å². The topological polar surface area (TPSA) is 75.0 Å². The summed E-state index contributed by atoms with van der Waals surface area (Å²) in [5.41, 5.74) is 3.32. The van der Waals surface area contributed by atoms with Gasteiger partial charge in [-0.15, -0.1) is 0 Å². The lowest BCUT2D eigenvalue weighted by molar-refractivity contribution is -0.125. The SMILES string of the molecule is CN(Cc1nc2ccccc2[nH]1)C(=O)/C=C/c1nc2ccccc2o1. The number of nitrogens with one attached hydrogen (secondary N) is 1. The summed E-state index contributed by atoms with van der Waals surface area (Å²) in [6.45, 7) is 0.394. The smallest absolute Gasteiger partial charge is 0.246 e. The van der Waals surface area contributed by atoms with Gasteiger partial charge in [-0.25, -0.2) is 9.97 Å². The number of oxazole rings is 1. The number of rotatable bonds is 4. The molecule has 0 saturated carbocycles. The highest BCUT2D eigenvalue weighted by molar-refractivity contribution is 5.91. The van der Waals surface area contributed by atoms with Gasteiger partial charge in [-0.1, -0.05) is 24.3 Å². The summed E-state index contributed by atoms with van der Waals surface area (Å²) < 4.78 is 5.57. The van der Waals surface area contributed by atoms with Crippen LogP contribution in [0, 0.1) is 0 Å². The maximum atomic E-state index is 12.3. The van der Waals surface area contributed by atoms with Crippen LogP contribution in [0.3, 0.4) is 0 Å². The van der Waals surface area contributed by atoms with Gasteiger partial charge < -0.3 is 14.3 Å². The van der Waals surface area contributed by atoms with Gasteiger partial charge in [0, 0.05) is 19.2 Å². The fourth-order valence-corrected chi connectivity index (χ4v) is 2.61. The molecule has 2 aromatic heterocycles. The van der Waals surface area contributed by atoms with E-state index >= 15 is 0 Å². The number of carbonyl (C=O) groups excluding carboxylic acids is 1. The van der Waals surface area contributed by atoms with Crippen LogP contribution in [0.1, 0.15) is 11.7 Å². The van der Waals surface area contributed by atoms with E-state index < -0.39 is 0 Å². The Morgan fingerprint density at radius 2 is 1.88 bits per heavy atom. The summed E-state index contributed by atoms with van der Waals surface area (Å²) in [6, 6.07) is 15.3. The Hall–Kier alpha value is -3.41. The van der Waals surface area contributed by atoms with Gasteiger partial charge in [0.05, 0.1) is 17.6 Å². The lowest BCUT2D eigenvalue weighted by atomic mass is 10.3. The molecule has 0 aliphatic rings. The summed E-state index contributed by atoms with van der Waals surface area (Å²) in [4.78, 5) is 25.9. The van der Waals surface area contributed by atoms with Crippen molar-refractivity contribution < 1.29 is 9.21 Å². The molecule has 6 nitrogen and oxygen atoms in total. The van der Waals surface area contributed by atoms with Gasteiger partial charge in [-0.05, 0) is 24.3 Å². The molecule has 1 amide bonds. The van der Waals surface area contributed by atoms with Crippen molar-refractivity contribution in [1.29, 1.82) is 0 Å². The molecule has 2 aromatic carbocycles. The molecule has 0 saturated heterocycles. The Bertz CT molecular complexity index is 1010. The first-order valence-corrected chi connectivity index (χ1v) is 7.91. The zero-order valence-corrected chi connectivity index (χ0v) is 13.6. The molecule has 25 heavy (non-hydrogen) atoms. The number of nitrogens with zero attached hydrogens (tertiary/aromatic N) is 3. The number of aromatic amines is 1. The molecule has 0 fully saturated rings. The van der Waals surface area contributed by atoms with Crippen LogP contribution in [-0.4, -0.2) is 32.8 Å². The molecule has 124 valence electrons. The number of fused-ring (bicyclic) bond motifs is 2. The van der Waals surface area contributed by atoms with E-state index in [2.05, 4.69) is 15.0 Å². The molecular formula is C19H16N4O2. The van der Waals surface area contributed by atoms with Crippen LogP contribution in [0.25, 0.3) is 28.2 Å². The number of benzene rings is 2. The van der Waals surface area contributed by atoms with E-state index in [1.165, 1.54) is 6.08 Å². The lowest BCUT2D eigenvalue weighted by Crippen LogP contribution is -2.24. The van der Waals surface area contributed by atoms with Gasteiger partial charge in [0.25, 0.3) is 0 Å². The summed E-state index contributed by atoms with van der Waals surface area (Å²) in [5, 5.41) is 0. The van der Waals surface area contributed by atoms with Gasteiger partial charge in [0.2, 0.25) is 11.8 Å². The van der Waals surface area contributed by atoms with Gasteiger partial charge in [0.15, 0.2) is 5.58 Å². The molecular weight excluding hydrogens is 316 g/mol. The summed E-state index contributed by atoms with van der Waals surface area (Å²) in [5.74, 6) is 1.00. The van der Waals surface area contributed by atoms with E-state index in [1.807, 2.05) is 48.5 Å². The van der Waals surface area contributed by atoms with Crippen molar-refractivity contribution in [3.63, 3.8) is 0 Å². The minimum Gasteiger partial charge on any atom is -0.437 e. The van der Waals surface area contributed by atoms with Crippen molar-refractivity contribution in [2.75, 3.05) is 7.05 Å². The van der Waals surface area contributed by atoms with Gasteiger partial charge in [-0.3, -0.25) is 4.79 Å². The Morgan fingerprint density at radius 1 is 1.12 bits per heavy atom. The molecule has 0 unspecified atom stereocenters. The first-order valence-electron chi connectivity index (χ1n) is 7.91. The first kappa shape index (κ1) is 15.1. The number of imidazole rings is 1. The van der Waals surface area contributed by atoms with Crippen LogP contribution in [0.5, 0.6) is 0 Å². The molecule has 0 aliphatic carbocycles. The summed E-state index contributed by atoms with van der Waals surface area (Å²) in [6.07, 6.45) is 3.03. The highest BCUT2D eigenvalue weighted by atomic mass is 16.3. The zero-order valence-electron chi connectivity index (χ0n) is 13.6. The Balaban J connectivity index is 1.46. The molecule has 0 bridgehead atoms. The number of hydrogen-bond donors (Lipinski definition) is 1. The molecule has 0 radical (unpaired) electrons. The molecule has 4 aromatic rings. The third-order valence-corrected chi connectivity index (χ3v) is 3.88. The Labute approximate surface area is 143 Å². The zero-order chi connectivity index (χ0) is 17.2. The second-order valence-corrected chi connectivity index (χ2v) is 5.75. The standard InChI is InChI=1S/C19H16N4O2/c1-23(12-17-20-13-6-2-3-7-14(13)21-17)19(24)11-10-18-22-15-8-4-5-9-16(15)25-18/h2-11H,12H2,1H3,(H,20,21)/b11-10+. The number of hydrogen-bond acceptors (Lipinski definition) is 4. The second-order valence-electron chi connectivity index (χ2n) is 5.75. The van der Waals surface area contributed by atoms with Crippen LogP contribution >= 0.6 is 0 Å². The number of aromatic nitrogens is 3. The van der Waals surface area contributed by atoms with E-state index in [1.54, 1.807) is 18.0 Å². The number of carbonyl (C=O) groups is 1. The third kappa shape index (κ3) is 3.14. The molecule has 6 heteroatoms. The van der Waals surface area contributed by atoms with E-state index in [4.69, 9.17) is 4.42 Å². The van der Waals surface area contributed by atoms with Crippen molar-refractivity contribution in [3.05, 3.63) is 66.3 Å². The van der Waals surface area contributed by atoms with Crippen LogP contribution in [0.4, 0.5) is 0 Å². The van der Waals surface area contributed by atoms with Gasteiger partial charge in [0.1, 0.15) is 11.3 Å². The van der Waals surface area contributed by atoms with Crippen LogP contribution in [0.15, 0.2) is 59.0 Å². The molecule has 4 rings (SSSR count). The van der Waals surface area contributed by atoms with Crippen molar-refractivity contribution in [3.8, 4) is 0 Å². The predicted octanol–water partition coefficient (Wildman–Crippen LogP) is 3.38. The maximum absolute atomic E-state index is 12.3. The monoisotopic (exact) mass is 332 g/mol. The minimum absolute atomic E-state index is 0.150. The predicted molar refractivity (Wildman–Crippen MR) is 95.6 cm³/mol. The summed E-state index contributed by atoms with van der Waals surface area (Å²) in [7, 11) is 1.73. The normalized spacial score (nSPS) is 11.6. The number of para-hydroxylation sites is 4. The van der Waals surface area contributed by atoms with Gasteiger partial charge >= 0.3 is 0 Å². The van der Waals surface area contributed by atoms with Crippen molar-refractivity contribution >= 4 is 34.1 Å². The third-order valence-electron chi connectivity index (χ3n) is 3.88. The van der Waals surface area contributed by atoms with Crippen LogP contribution in [0.2, 0.25) is 0 Å². The molecule has 2 heterocycles. The molecule has 0 aliphatic heterocycles. The van der Waals surface area contributed by atoms with Crippen molar-refractivity contribution in [1.82, 2.24) is 19.9 Å². The highest BCUT2D eigenvalue weighted by Crippen LogP contribution is 2.16. The number of H-pyrrole nitrogens is 1. The van der Waals surface area contributed by atoms with Crippen molar-refractivity contribution in [2.24, 2.45) is 0 Å². The highest BCUT2D eigenvalue weighted by Gasteiger charge is 2.10. The fourth-order valence-electron chi connectivity index (χ4n) is 2.61. The lowest BCUT2D eigenvalue weighted by Gasteiger charge is -2.12. The van der Waals surface area contributed by atoms with Crippen LogP contribution in [-0.2, 0) is 11.3 Å². The average Bonchev–Trinajstić information content (AvgIpc) is 3.22. The molecule has 1 N–H and O–H groups in total. The second kappa shape index (κ2) is 6.24. The minimum atomic E-state index is -0.150. The quantitative estimate of drug-likeness (QED) is 0.581. The van der Waals surface area contributed by atoms with E-state index in [-0.39, 0.29) is 5.91 Å². The molecule has 0 spiro atoms. The number of likely N-dealkylation sites (N-methyl/N-ethyl adjacent to an activating group) is 1. The first-order chi connectivity index (χ1) is 12.2. The average molecular weight is 332 g/mol. The largest absolute Gasteiger partial charge is 0.437 e. The fraction of sp³-hybridized carbons (Fsp3) is 0.105. The Morgan fingerprint density at radius 3 is 2.68 bits per heavy atom. The summed E-state index contributed by atoms with van der Waals surface area (Å²) >= 11 is 0. The number of amides is 1. The van der Waals surface area contributed by atoms with Crippen LogP contribution < -0.4 is 0 Å². The maximum Gasteiger partial charge on any atom is 0.246 e. The van der Waals surface area contributed by atoms with E-state index in [9.17, 15) is 4.79 Å². The van der Waals surface area contributed by atoms with E-state index in [0.717, 1.165) is 22.4 Å². The van der Waals surface area contributed by atoms with Gasteiger partial charge in [-0.2, -0.15) is 0 Å².